The third-order valence-electron chi connectivity index (χ3n) is 8.14. The fraction of sp³-hybridized carbons (Fsp3) is 0.321. The Morgan fingerprint density at radius 3 is 2.69 bits per heavy atom. The number of amides is 1. The molecule has 196 valence electrons. The molecule has 7 rings (SSSR count). The van der Waals surface area contributed by atoms with Crippen LogP contribution in [0.5, 0.6) is 5.75 Å². The van der Waals surface area contributed by atoms with Crippen LogP contribution in [-0.4, -0.2) is 32.1 Å². The Hall–Kier alpha value is -4.43. The van der Waals surface area contributed by atoms with Gasteiger partial charge in [-0.1, -0.05) is 6.07 Å². The molecule has 1 aliphatic heterocycles. The second-order valence-corrected chi connectivity index (χ2v) is 10.9. The van der Waals surface area contributed by atoms with E-state index >= 15 is 0 Å². The molecule has 1 fully saturated rings. The van der Waals surface area contributed by atoms with Crippen molar-refractivity contribution in [3.05, 3.63) is 77.1 Å². The fourth-order valence-corrected chi connectivity index (χ4v) is 6.58. The summed E-state index contributed by atoms with van der Waals surface area (Å²) in [6.07, 6.45) is 6.76. The van der Waals surface area contributed by atoms with E-state index in [4.69, 9.17) is 15.6 Å². The molecule has 2 bridgehead atoms. The molecule has 9 nitrogen and oxygen atoms in total. The van der Waals surface area contributed by atoms with Crippen LogP contribution in [0.4, 0.5) is 8.78 Å². The van der Waals surface area contributed by atoms with Crippen LogP contribution in [-0.2, 0) is 5.54 Å². The molecule has 2 aliphatic carbocycles. The molecular weight excluding hydrogens is 504 g/mol. The molecule has 39 heavy (non-hydrogen) atoms. The second kappa shape index (κ2) is 8.04. The van der Waals surface area contributed by atoms with Gasteiger partial charge in [-0.15, -0.1) is 0 Å². The standard InChI is InChI=1S/C28H23F2N7O2/c1-27(13-31)11-28(32,12-27)25-33-9-15(10-34-25)14-5-6-37-19(7-14)22-17-8-18(23(22)36-37)35-24(38)16-3-2-4-20(21(16)17)39-26(29)30/h2-7,9-10,17-18,26H,8,11-12,32H2,1H3,(H,35,38)/t17-,18-,27?,28?/m1/s1. The van der Waals surface area contributed by atoms with Gasteiger partial charge in [-0.2, -0.15) is 19.1 Å². The number of rotatable bonds is 4. The number of hydrogen-bond donors (Lipinski definition) is 2. The number of nitriles is 1. The molecule has 0 radical (unpaired) electrons. The van der Waals surface area contributed by atoms with Crippen LogP contribution < -0.4 is 15.8 Å². The summed E-state index contributed by atoms with van der Waals surface area (Å²) in [5.41, 5.74) is 10.1. The van der Waals surface area contributed by atoms with E-state index < -0.39 is 17.6 Å². The number of halogens is 2. The highest BCUT2D eigenvalue weighted by Crippen LogP contribution is 2.52. The summed E-state index contributed by atoms with van der Waals surface area (Å²) in [7, 11) is 0. The van der Waals surface area contributed by atoms with E-state index in [1.54, 1.807) is 29.0 Å². The molecule has 4 aromatic rings. The highest BCUT2D eigenvalue weighted by atomic mass is 19.3. The molecule has 2 atom stereocenters. The molecule has 1 saturated carbocycles. The summed E-state index contributed by atoms with van der Waals surface area (Å²) in [4.78, 5) is 22.0. The van der Waals surface area contributed by atoms with E-state index in [1.807, 2.05) is 25.3 Å². The van der Waals surface area contributed by atoms with Crippen molar-refractivity contribution in [2.75, 3.05) is 0 Å². The molecule has 3 aliphatic rings. The highest BCUT2D eigenvalue weighted by molar-refractivity contribution is 5.98. The predicted octanol–water partition coefficient (Wildman–Crippen LogP) is 4.19. The van der Waals surface area contributed by atoms with Gasteiger partial charge in [0.2, 0.25) is 0 Å². The van der Waals surface area contributed by atoms with Crippen molar-refractivity contribution in [3.8, 4) is 22.9 Å². The SMILES string of the molecule is CC1(C#N)CC(N)(c2ncc(-c3ccn4nc5c(c4c3)[C@@H]3C[C@H]5NC(=O)c4cccc(OC(F)F)c43)cn2)C1. The van der Waals surface area contributed by atoms with Gasteiger partial charge in [-0.05, 0) is 56.0 Å². The van der Waals surface area contributed by atoms with Gasteiger partial charge in [0.15, 0.2) is 0 Å². The molecule has 3 N–H and O–H groups in total. The number of carbonyl (C=O) groups is 1. The molecule has 0 spiro atoms. The van der Waals surface area contributed by atoms with Crippen molar-refractivity contribution in [1.29, 1.82) is 5.26 Å². The van der Waals surface area contributed by atoms with Crippen molar-refractivity contribution < 1.29 is 18.3 Å². The maximum absolute atomic E-state index is 13.3. The number of aromatic nitrogens is 4. The van der Waals surface area contributed by atoms with Crippen LogP contribution in [0.2, 0.25) is 0 Å². The van der Waals surface area contributed by atoms with E-state index in [9.17, 15) is 18.8 Å². The van der Waals surface area contributed by atoms with E-state index in [2.05, 4.69) is 21.4 Å². The summed E-state index contributed by atoms with van der Waals surface area (Å²) < 4.78 is 33.1. The minimum atomic E-state index is -3.01. The van der Waals surface area contributed by atoms with Crippen LogP contribution >= 0.6 is 0 Å². The summed E-state index contributed by atoms with van der Waals surface area (Å²) in [5.74, 6) is -0.188. The van der Waals surface area contributed by atoms with Gasteiger partial charge in [0.05, 0.1) is 34.3 Å². The van der Waals surface area contributed by atoms with Crippen molar-refractivity contribution in [2.45, 2.75) is 50.3 Å². The minimum Gasteiger partial charge on any atom is -0.434 e. The Kier molecular flexibility index (Phi) is 4.88. The Morgan fingerprint density at radius 1 is 1.21 bits per heavy atom. The number of ether oxygens (including phenoxy) is 1. The third-order valence-corrected chi connectivity index (χ3v) is 8.14. The number of alkyl halides is 2. The maximum atomic E-state index is 13.3. The second-order valence-electron chi connectivity index (χ2n) is 10.9. The van der Waals surface area contributed by atoms with E-state index in [-0.39, 0.29) is 23.6 Å². The minimum absolute atomic E-state index is 0.00477. The number of pyridine rings is 1. The lowest BCUT2D eigenvalue weighted by Crippen LogP contribution is -2.54. The molecule has 0 unspecified atom stereocenters. The normalized spacial score (nSPS) is 26.8. The van der Waals surface area contributed by atoms with Crippen molar-refractivity contribution in [3.63, 3.8) is 0 Å². The summed E-state index contributed by atoms with van der Waals surface area (Å²) in [6.45, 7) is -1.13. The number of nitrogens with one attached hydrogen (secondary N) is 1. The largest absolute Gasteiger partial charge is 0.434 e. The van der Waals surface area contributed by atoms with Crippen LogP contribution in [0.15, 0.2) is 48.9 Å². The lowest BCUT2D eigenvalue weighted by Gasteiger charge is -2.47. The number of benzene rings is 1. The number of nitrogens with two attached hydrogens (primary N) is 1. The maximum Gasteiger partial charge on any atom is 0.387 e. The van der Waals surface area contributed by atoms with Crippen molar-refractivity contribution in [1.82, 2.24) is 24.9 Å². The Bertz CT molecular complexity index is 1700. The van der Waals surface area contributed by atoms with Gasteiger partial charge in [0, 0.05) is 46.8 Å². The zero-order valence-electron chi connectivity index (χ0n) is 20.9. The molecule has 1 amide bonds. The molecular formula is C28H23F2N7O2. The van der Waals surface area contributed by atoms with Gasteiger partial charge in [-0.25, -0.2) is 14.5 Å². The molecule has 1 aromatic carbocycles. The first kappa shape index (κ1) is 23.7. The smallest absolute Gasteiger partial charge is 0.387 e. The molecule has 0 saturated heterocycles. The number of hydrogen-bond acceptors (Lipinski definition) is 7. The van der Waals surface area contributed by atoms with E-state index in [1.165, 1.54) is 6.07 Å². The Morgan fingerprint density at radius 2 is 1.97 bits per heavy atom. The third kappa shape index (κ3) is 3.51. The van der Waals surface area contributed by atoms with Crippen LogP contribution in [0.3, 0.4) is 0 Å². The molecule has 11 heteroatoms. The monoisotopic (exact) mass is 527 g/mol. The number of carbonyl (C=O) groups excluding carboxylic acids is 1. The van der Waals surface area contributed by atoms with Crippen LogP contribution in [0.25, 0.3) is 16.6 Å². The lowest BCUT2D eigenvalue weighted by molar-refractivity contribution is -0.0505. The van der Waals surface area contributed by atoms with Gasteiger partial charge in [0.25, 0.3) is 5.91 Å². The van der Waals surface area contributed by atoms with Gasteiger partial charge in [-0.3, -0.25) is 4.79 Å². The Labute approximate surface area is 221 Å². The van der Waals surface area contributed by atoms with Crippen LogP contribution in [0.1, 0.15) is 71.1 Å². The Balaban J connectivity index is 1.29. The summed E-state index contributed by atoms with van der Waals surface area (Å²) in [5, 5.41) is 17.1. The highest BCUT2D eigenvalue weighted by Gasteiger charge is 2.52. The zero-order chi connectivity index (χ0) is 27.1. The summed E-state index contributed by atoms with van der Waals surface area (Å²) >= 11 is 0. The lowest BCUT2D eigenvalue weighted by atomic mass is 9.59. The van der Waals surface area contributed by atoms with Gasteiger partial charge >= 0.3 is 6.61 Å². The topological polar surface area (TPSA) is 131 Å². The first-order valence-electron chi connectivity index (χ1n) is 12.6. The zero-order valence-corrected chi connectivity index (χ0v) is 20.9. The fourth-order valence-electron chi connectivity index (χ4n) is 6.58. The van der Waals surface area contributed by atoms with E-state index in [0.29, 0.717) is 41.9 Å². The van der Waals surface area contributed by atoms with Gasteiger partial charge in [0.1, 0.15) is 11.6 Å². The van der Waals surface area contributed by atoms with Crippen molar-refractivity contribution >= 4 is 11.4 Å². The predicted molar refractivity (Wildman–Crippen MR) is 135 cm³/mol. The summed E-state index contributed by atoms with van der Waals surface area (Å²) in [6, 6.07) is 10.5. The average molecular weight is 528 g/mol. The quantitative estimate of drug-likeness (QED) is 0.407. The average Bonchev–Trinajstić information content (AvgIpc) is 3.39. The first-order chi connectivity index (χ1) is 18.7. The van der Waals surface area contributed by atoms with Crippen LogP contribution in [0, 0.1) is 16.7 Å². The van der Waals surface area contributed by atoms with Gasteiger partial charge < -0.3 is 15.8 Å². The van der Waals surface area contributed by atoms with Crippen molar-refractivity contribution in [2.24, 2.45) is 11.1 Å². The molecule has 3 aromatic heterocycles. The number of fused-ring (bicyclic) bond motifs is 9. The molecule has 4 heterocycles. The van der Waals surface area contributed by atoms with E-state index in [0.717, 1.165) is 22.2 Å². The number of nitrogens with zero attached hydrogens (tertiary/aromatic N) is 5. The first-order valence-corrected chi connectivity index (χ1v) is 12.6.